The second-order valence-electron chi connectivity index (χ2n) is 2.59. The van der Waals surface area contributed by atoms with Gasteiger partial charge in [0.2, 0.25) is 0 Å². The lowest BCUT2D eigenvalue weighted by molar-refractivity contribution is -0.598. The lowest BCUT2D eigenvalue weighted by Gasteiger charge is -2.14. The third-order valence-electron chi connectivity index (χ3n) is 1.64. The van der Waals surface area contributed by atoms with Gasteiger partial charge in [-0.1, -0.05) is 0 Å². The van der Waals surface area contributed by atoms with Crippen molar-refractivity contribution in [3.63, 3.8) is 0 Å². The first-order valence-electron chi connectivity index (χ1n) is 3.97. The molecule has 1 aliphatic heterocycles. The number of halogens is 1. The van der Waals surface area contributed by atoms with Crippen molar-refractivity contribution in [3.8, 4) is 0 Å². The van der Waals surface area contributed by atoms with Crippen molar-refractivity contribution in [2.75, 3.05) is 12.5 Å². The van der Waals surface area contributed by atoms with Crippen LogP contribution in [0.5, 0.6) is 0 Å². The topological polar surface area (TPSA) is 64.8 Å². The van der Waals surface area contributed by atoms with Crippen LogP contribution in [0.1, 0.15) is 13.3 Å². The first-order valence-corrected chi connectivity index (χ1v) is 4.50. The van der Waals surface area contributed by atoms with Gasteiger partial charge in [-0.05, 0) is 6.92 Å². The summed E-state index contributed by atoms with van der Waals surface area (Å²) in [6, 6.07) is 0. The molecule has 0 spiro atoms. The molecule has 76 valence electrons. The van der Waals surface area contributed by atoms with E-state index in [-0.39, 0.29) is 18.4 Å². The van der Waals surface area contributed by atoms with E-state index in [0.717, 1.165) is 5.23 Å². The van der Waals surface area contributed by atoms with Gasteiger partial charge in [-0.25, -0.2) is 0 Å². The Kier molecular flexibility index (Phi) is 3.86. The summed E-state index contributed by atoms with van der Waals surface area (Å²) in [5.74, 6) is 0.230. The minimum absolute atomic E-state index is 0.230. The van der Waals surface area contributed by atoms with E-state index in [4.69, 9.17) is 21.3 Å². The summed E-state index contributed by atoms with van der Waals surface area (Å²) in [6.07, 6.45) is -1.01. The molecular weight excluding hydrogens is 200 g/mol. The molecule has 7 heteroatoms. The van der Waals surface area contributed by atoms with Crippen LogP contribution in [0, 0.1) is 10.1 Å². The monoisotopic (exact) mass is 210 g/mol. The van der Waals surface area contributed by atoms with Crippen molar-refractivity contribution in [1.29, 1.82) is 0 Å². The van der Waals surface area contributed by atoms with Gasteiger partial charge in [-0.2, -0.15) is 0 Å². The molecule has 1 rings (SSSR count). The highest BCUT2D eigenvalue weighted by Gasteiger charge is 2.42. The van der Waals surface area contributed by atoms with Gasteiger partial charge in [0.25, 0.3) is 0 Å². The quantitative estimate of drug-likeness (QED) is 0.390. The predicted octanol–water partition coefficient (Wildman–Crippen LogP) is 0.785. The summed E-state index contributed by atoms with van der Waals surface area (Å²) in [4.78, 5) is 20.0. The predicted molar refractivity (Wildman–Crippen MR) is 44.5 cm³/mol. The summed E-state index contributed by atoms with van der Waals surface area (Å²) < 4.78 is 0. The third kappa shape index (κ3) is 2.50. The molecule has 0 aromatic rings. The molecule has 1 aliphatic rings. The highest BCUT2D eigenvalue weighted by Crippen LogP contribution is 2.22. The summed E-state index contributed by atoms with van der Waals surface area (Å²) in [5, 5.41) is 11.4. The Morgan fingerprint density at radius 2 is 2.54 bits per heavy atom. The average Bonchev–Trinajstić information content (AvgIpc) is 2.48. The molecule has 1 heterocycles. The van der Waals surface area contributed by atoms with E-state index in [0.29, 0.717) is 6.61 Å². The second-order valence-corrected chi connectivity index (χ2v) is 2.90. The molecule has 6 nitrogen and oxygen atoms in total. The maximum Gasteiger partial charge on any atom is 0.315 e. The van der Waals surface area contributed by atoms with Crippen LogP contribution in [0.3, 0.4) is 0 Å². The molecule has 0 N–H and O–H groups in total. The minimum atomic E-state index is -0.941. The molecule has 0 aliphatic carbocycles. The van der Waals surface area contributed by atoms with Gasteiger partial charge in [0.1, 0.15) is 6.10 Å². The van der Waals surface area contributed by atoms with Crippen molar-refractivity contribution >= 4 is 11.6 Å². The molecule has 1 fully saturated rings. The molecular formula is C6H11ClN2O4. The SMILES string of the molecule is CCON1OC(CCl)CC1[N+](=O)[O-]. The molecule has 0 bridgehead atoms. The highest BCUT2D eigenvalue weighted by atomic mass is 35.5. The minimum Gasteiger partial charge on any atom is -0.269 e. The van der Waals surface area contributed by atoms with E-state index in [2.05, 4.69) is 0 Å². The zero-order valence-electron chi connectivity index (χ0n) is 7.18. The Balaban J connectivity index is 2.54. The van der Waals surface area contributed by atoms with E-state index in [9.17, 15) is 10.1 Å². The molecule has 0 aromatic carbocycles. The molecule has 1 saturated heterocycles. The van der Waals surface area contributed by atoms with Crippen LogP contribution in [0.4, 0.5) is 0 Å². The number of nitrogens with zero attached hydrogens (tertiary/aromatic N) is 2. The first kappa shape index (κ1) is 10.6. The Bertz CT molecular complexity index is 191. The molecule has 13 heavy (non-hydrogen) atoms. The van der Waals surface area contributed by atoms with E-state index in [1.807, 2.05) is 0 Å². The van der Waals surface area contributed by atoms with Gasteiger partial charge >= 0.3 is 6.17 Å². The fraction of sp³-hybridized carbons (Fsp3) is 1.00. The summed E-state index contributed by atoms with van der Waals surface area (Å²) >= 11 is 5.51. The normalized spacial score (nSPS) is 29.4. The Hall–Kier alpha value is -0.430. The van der Waals surface area contributed by atoms with Gasteiger partial charge in [-0.3, -0.25) is 19.8 Å². The van der Waals surface area contributed by atoms with Crippen molar-refractivity contribution in [2.24, 2.45) is 0 Å². The summed E-state index contributed by atoms with van der Waals surface area (Å²) in [7, 11) is 0. The van der Waals surface area contributed by atoms with Gasteiger partial charge in [0, 0.05) is 10.1 Å². The number of rotatable bonds is 4. The van der Waals surface area contributed by atoms with Crippen molar-refractivity contribution in [2.45, 2.75) is 25.6 Å². The molecule has 0 radical (unpaired) electrons. The second kappa shape index (κ2) is 4.71. The molecule has 0 saturated carbocycles. The summed E-state index contributed by atoms with van der Waals surface area (Å²) in [6.45, 7) is 2.06. The van der Waals surface area contributed by atoms with Crippen LogP contribution in [-0.4, -0.2) is 34.9 Å². The van der Waals surface area contributed by atoms with Gasteiger partial charge in [-0.15, -0.1) is 11.6 Å². The van der Waals surface area contributed by atoms with Crippen LogP contribution < -0.4 is 0 Å². The van der Waals surface area contributed by atoms with Crippen LogP contribution in [0.2, 0.25) is 0 Å². The Labute approximate surface area is 80.4 Å². The number of alkyl halides is 1. The Morgan fingerprint density at radius 3 is 3.00 bits per heavy atom. The molecule has 2 unspecified atom stereocenters. The molecule has 2 atom stereocenters. The lowest BCUT2D eigenvalue weighted by atomic mass is 10.2. The van der Waals surface area contributed by atoms with Crippen LogP contribution in [0.25, 0.3) is 0 Å². The first-order chi connectivity index (χ1) is 6.19. The number of hydrogen-bond acceptors (Lipinski definition) is 5. The van der Waals surface area contributed by atoms with Crippen molar-refractivity contribution in [1.82, 2.24) is 5.23 Å². The van der Waals surface area contributed by atoms with E-state index < -0.39 is 11.1 Å². The zero-order chi connectivity index (χ0) is 9.84. The maximum absolute atomic E-state index is 10.5. The van der Waals surface area contributed by atoms with E-state index >= 15 is 0 Å². The number of nitro groups is 1. The van der Waals surface area contributed by atoms with Gasteiger partial charge < -0.3 is 0 Å². The standard InChI is InChI=1S/C6H11ClN2O4/c1-2-12-9-6(8(10)11)3-5(4-7)13-9/h5-6H,2-4H2,1H3. The van der Waals surface area contributed by atoms with Gasteiger partial charge in [0.05, 0.1) is 18.9 Å². The largest absolute Gasteiger partial charge is 0.315 e. The maximum atomic E-state index is 10.5. The molecule has 0 amide bonds. The third-order valence-corrected chi connectivity index (χ3v) is 1.99. The number of hydrogen-bond donors (Lipinski definition) is 0. The fourth-order valence-corrected chi connectivity index (χ4v) is 1.26. The van der Waals surface area contributed by atoms with Crippen molar-refractivity contribution in [3.05, 3.63) is 10.1 Å². The van der Waals surface area contributed by atoms with Crippen LogP contribution in [0.15, 0.2) is 0 Å². The summed E-state index contributed by atoms with van der Waals surface area (Å²) in [5.41, 5.74) is 0. The zero-order valence-corrected chi connectivity index (χ0v) is 7.94. The molecule has 0 aromatic heterocycles. The van der Waals surface area contributed by atoms with E-state index in [1.165, 1.54) is 0 Å². The van der Waals surface area contributed by atoms with Gasteiger partial charge in [0.15, 0.2) is 0 Å². The fourth-order valence-electron chi connectivity index (χ4n) is 1.08. The average molecular weight is 211 g/mol. The van der Waals surface area contributed by atoms with Crippen LogP contribution in [-0.2, 0) is 9.68 Å². The Morgan fingerprint density at radius 1 is 1.85 bits per heavy atom. The highest BCUT2D eigenvalue weighted by molar-refractivity contribution is 6.18. The van der Waals surface area contributed by atoms with Crippen molar-refractivity contribution < 1.29 is 14.6 Å². The van der Waals surface area contributed by atoms with Crippen LogP contribution >= 0.6 is 11.6 Å². The smallest absolute Gasteiger partial charge is 0.269 e. The van der Waals surface area contributed by atoms with E-state index in [1.54, 1.807) is 6.92 Å². The number of hydroxylamine groups is 2. The lowest BCUT2D eigenvalue weighted by Crippen LogP contribution is -2.34.